The average Bonchev–Trinajstić information content (AvgIpc) is 2.41. The van der Waals surface area contributed by atoms with Gasteiger partial charge in [-0.15, -0.1) is 0 Å². The number of hydrogen-bond donors (Lipinski definition) is 3. The Kier molecular flexibility index (Phi) is 5.37. The first-order chi connectivity index (χ1) is 9.47. The van der Waals surface area contributed by atoms with Crippen LogP contribution in [0.2, 0.25) is 0 Å². The summed E-state index contributed by atoms with van der Waals surface area (Å²) in [6, 6.07) is 0. The van der Waals surface area contributed by atoms with E-state index in [9.17, 15) is 15.0 Å². The normalized spacial score (nSPS) is 28.2. The third-order valence-corrected chi connectivity index (χ3v) is 4.38. The topological polar surface area (TPSA) is 76.0 Å². The highest BCUT2D eigenvalue weighted by molar-refractivity contribution is 5.78. The molecule has 2 fully saturated rings. The van der Waals surface area contributed by atoms with E-state index in [4.69, 9.17) is 0 Å². The molecule has 2 aliphatic rings. The number of rotatable bonds is 4. The molecule has 2 saturated heterocycles. The van der Waals surface area contributed by atoms with Crippen LogP contribution in [0.5, 0.6) is 0 Å². The van der Waals surface area contributed by atoms with Crippen LogP contribution in [0.1, 0.15) is 25.7 Å². The summed E-state index contributed by atoms with van der Waals surface area (Å²) < 4.78 is 0. The molecule has 2 aliphatic heterocycles. The first-order valence-corrected chi connectivity index (χ1v) is 7.55. The van der Waals surface area contributed by atoms with Gasteiger partial charge in [0.05, 0.1) is 18.2 Å². The van der Waals surface area contributed by atoms with Gasteiger partial charge in [0.25, 0.3) is 0 Å². The van der Waals surface area contributed by atoms with Gasteiger partial charge in [-0.3, -0.25) is 9.69 Å². The summed E-state index contributed by atoms with van der Waals surface area (Å²) in [5.74, 6) is -0.0635. The summed E-state index contributed by atoms with van der Waals surface area (Å²) in [6.07, 6.45) is 2.85. The molecule has 6 nitrogen and oxygen atoms in total. The van der Waals surface area contributed by atoms with Crippen LogP contribution in [0, 0.1) is 0 Å². The molecule has 1 atom stereocenters. The molecule has 0 aromatic heterocycles. The average molecular weight is 285 g/mol. The van der Waals surface area contributed by atoms with Crippen molar-refractivity contribution in [2.75, 3.05) is 46.3 Å². The third kappa shape index (κ3) is 4.70. The Morgan fingerprint density at radius 1 is 1.35 bits per heavy atom. The van der Waals surface area contributed by atoms with Gasteiger partial charge >= 0.3 is 0 Å². The van der Waals surface area contributed by atoms with Crippen LogP contribution < -0.4 is 5.32 Å². The van der Waals surface area contributed by atoms with Crippen molar-refractivity contribution in [1.29, 1.82) is 0 Å². The number of aliphatic hydroxyl groups excluding tert-OH is 1. The van der Waals surface area contributed by atoms with Gasteiger partial charge in [-0.2, -0.15) is 0 Å². The van der Waals surface area contributed by atoms with E-state index in [1.807, 2.05) is 11.9 Å². The maximum Gasteiger partial charge on any atom is 0.234 e. The molecule has 20 heavy (non-hydrogen) atoms. The van der Waals surface area contributed by atoms with Gasteiger partial charge < -0.3 is 20.4 Å². The first kappa shape index (κ1) is 15.7. The Morgan fingerprint density at radius 2 is 2.05 bits per heavy atom. The second kappa shape index (κ2) is 6.85. The molecule has 0 saturated carbocycles. The lowest BCUT2D eigenvalue weighted by Crippen LogP contribution is -2.52. The number of nitrogens with zero attached hydrogens (tertiary/aromatic N) is 2. The molecule has 1 unspecified atom stereocenters. The van der Waals surface area contributed by atoms with E-state index >= 15 is 0 Å². The van der Waals surface area contributed by atoms with E-state index < -0.39 is 5.60 Å². The highest BCUT2D eigenvalue weighted by atomic mass is 16.3. The Hall–Kier alpha value is -0.690. The van der Waals surface area contributed by atoms with Crippen LogP contribution in [0.25, 0.3) is 0 Å². The summed E-state index contributed by atoms with van der Waals surface area (Å²) in [7, 11) is 2.04. The van der Waals surface area contributed by atoms with Crippen molar-refractivity contribution in [2.24, 2.45) is 0 Å². The maximum atomic E-state index is 11.9. The van der Waals surface area contributed by atoms with Crippen LogP contribution in [-0.2, 0) is 4.79 Å². The predicted octanol–water partition coefficient (Wildman–Crippen LogP) is -0.984. The number of β-amino-alcohol motifs (C(OH)–C–C–N with tert-alkyl or cyclic N) is 1. The van der Waals surface area contributed by atoms with Crippen molar-refractivity contribution in [1.82, 2.24) is 15.1 Å². The summed E-state index contributed by atoms with van der Waals surface area (Å²) >= 11 is 0. The van der Waals surface area contributed by atoms with Crippen molar-refractivity contribution < 1.29 is 15.0 Å². The van der Waals surface area contributed by atoms with Crippen LogP contribution in [0.3, 0.4) is 0 Å². The molecule has 0 bridgehead atoms. The fraction of sp³-hybridized carbons (Fsp3) is 0.929. The molecule has 0 aliphatic carbocycles. The highest BCUT2D eigenvalue weighted by Gasteiger charge is 2.31. The molecule has 1 amide bonds. The second-order valence-electron chi connectivity index (χ2n) is 6.34. The minimum absolute atomic E-state index is 0.0635. The molecular formula is C14H27N3O3. The lowest BCUT2D eigenvalue weighted by atomic mass is 9.91. The van der Waals surface area contributed by atoms with Crippen molar-refractivity contribution in [3.8, 4) is 0 Å². The maximum absolute atomic E-state index is 11.9. The molecule has 3 N–H and O–H groups in total. The number of hydrogen-bond acceptors (Lipinski definition) is 5. The van der Waals surface area contributed by atoms with Gasteiger partial charge in [-0.25, -0.2) is 0 Å². The molecule has 0 radical (unpaired) electrons. The second-order valence-corrected chi connectivity index (χ2v) is 6.34. The number of piperidine rings is 2. The number of amides is 1. The number of carbonyl (C=O) groups excluding carboxylic acids is 1. The molecule has 0 aromatic carbocycles. The van der Waals surface area contributed by atoms with Gasteiger partial charge in [0.15, 0.2) is 0 Å². The lowest BCUT2D eigenvalue weighted by molar-refractivity contribution is -0.124. The largest absolute Gasteiger partial charge is 0.392 e. The van der Waals surface area contributed by atoms with Gasteiger partial charge in [-0.05, 0) is 39.3 Å². The lowest BCUT2D eigenvalue weighted by Gasteiger charge is -2.36. The van der Waals surface area contributed by atoms with E-state index in [1.54, 1.807) is 0 Å². The molecule has 0 spiro atoms. The summed E-state index contributed by atoms with van der Waals surface area (Å²) in [6.45, 7) is 3.81. The number of nitrogens with one attached hydrogen (secondary N) is 1. The summed E-state index contributed by atoms with van der Waals surface area (Å²) in [4.78, 5) is 16.1. The van der Waals surface area contributed by atoms with Crippen molar-refractivity contribution in [3.05, 3.63) is 0 Å². The molecule has 2 heterocycles. The number of carbonyl (C=O) groups is 1. The zero-order valence-corrected chi connectivity index (χ0v) is 12.3. The third-order valence-electron chi connectivity index (χ3n) is 4.38. The van der Waals surface area contributed by atoms with E-state index in [2.05, 4.69) is 10.2 Å². The molecule has 2 rings (SSSR count). The van der Waals surface area contributed by atoms with E-state index in [-0.39, 0.29) is 12.0 Å². The van der Waals surface area contributed by atoms with Gasteiger partial charge in [0.1, 0.15) is 0 Å². The Morgan fingerprint density at radius 3 is 2.70 bits per heavy atom. The van der Waals surface area contributed by atoms with Crippen molar-refractivity contribution >= 4 is 5.91 Å². The van der Waals surface area contributed by atoms with Gasteiger partial charge in [0.2, 0.25) is 5.91 Å². The van der Waals surface area contributed by atoms with E-state index in [1.165, 1.54) is 0 Å². The zero-order chi connectivity index (χ0) is 14.6. The van der Waals surface area contributed by atoms with E-state index in [0.29, 0.717) is 32.5 Å². The van der Waals surface area contributed by atoms with Crippen LogP contribution in [0.4, 0.5) is 0 Å². The minimum atomic E-state index is -0.760. The predicted molar refractivity (Wildman–Crippen MR) is 76.4 cm³/mol. The van der Waals surface area contributed by atoms with Crippen LogP contribution >= 0.6 is 0 Å². The number of aliphatic hydroxyl groups is 2. The van der Waals surface area contributed by atoms with Crippen molar-refractivity contribution in [3.63, 3.8) is 0 Å². The van der Waals surface area contributed by atoms with Gasteiger partial charge in [0, 0.05) is 26.2 Å². The Balaban J connectivity index is 1.69. The minimum Gasteiger partial charge on any atom is -0.392 e. The molecule has 6 heteroatoms. The van der Waals surface area contributed by atoms with Gasteiger partial charge in [-0.1, -0.05) is 0 Å². The van der Waals surface area contributed by atoms with E-state index in [0.717, 1.165) is 32.5 Å². The smallest absolute Gasteiger partial charge is 0.234 e. The fourth-order valence-corrected chi connectivity index (χ4v) is 2.91. The Bertz CT molecular complexity index is 330. The summed E-state index contributed by atoms with van der Waals surface area (Å²) in [5.41, 5.74) is -0.760. The van der Waals surface area contributed by atoms with Crippen LogP contribution in [0.15, 0.2) is 0 Å². The summed E-state index contributed by atoms with van der Waals surface area (Å²) in [5, 5.41) is 22.8. The molecule has 0 aromatic rings. The standard InChI is InChI=1S/C14H27N3O3/c1-16-7-4-14(20,5-8-16)11-15-13(19)10-17-6-2-3-12(18)9-17/h12,18,20H,2-11H2,1H3,(H,15,19). The zero-order valence-electron chi connectivity index (χ0n) is 12.3. The first-order valence-electron chi connectivity index (χ1n) is 7.55. The highest BCUT2D eigenvalue weighted by Crippen LogP contribution is 2.20. The number of likely N-dealkylation sites (tertiary alicyclic amines) is 2. The quantitative estimate of drug-likeness (QED) is 0.619. The SMILES string of the molecule is CN1CCC(O)(CNC(=O)CN2CCCC(O)C2)CC1. The Labute approximate surface area is 120 Å². The van der Waals surface area contributed by atoms with Crippen LogP contribution in [-0.4, -0.2) is 83.9 Å². The molecular weight excluding hydrogens is 258 g/mol. The molecule has 116 valence electrons. The monoisotopic (exact) mass is 285 g/mol. The fourth-order valence-electron chi connectivity index (χ4n) is 2.91. The van der Waals surface area contributed by atoms with Crippen molar-refractivity contribution in [2.45, 2.75) is 37.4 Å².